The number of hydrogen-bond acceptors (Lipinski definition) is 4. The summed E-state index contributed by atoms with van der Waals surface area (Å²) in [5.74, 6) is 0. The highest BCUT2D eigenvalue weighted by atomic mass is 32.1. The summed E-state index contributed by atoms with van der Waals surface area (Å²) in [4.78, 5) is 9.62. The molecule has 0 spiro atoms. The largest absolute Gasteiger partial charge is 0.375 e. The predicted molar refractivity (Wildman–Crippen MR) is 131 cm³/mol. The Kier molecular flexibility index (Phi) is 5.52. The van der Waals surface area contributed by atoms with Gasteiger partial charge in [-0.15, -0.1) is 11.3 Å². The maximum atomic E-state index is 15.8. The molecule has 0 atom stereocenters. The van der Waals surface area contributed by atoms with Gasteiger partial charge in [0.05, 0.1) is 11.4 Å². The van der Waals surface area contributed by atoms with Crippen molar-refractivity contribution in [1.29, 1.82) is 0 Å². The van der Waals surface area contributed by atoms with Crippen molar-refractivity contribution in [2.75, 3.05) is 5.73 Å². The minimum Gasteiger partial charge on any atom is -0.375 e. The van der Waals surface area contributed by atoms with Gasteiger partial charge in [0.15, 0.2) is 5.13 Å². The van der Waals surface area contributed by atoms with Crippen LogP contribution in [0.15, 0.2) is 97.2 Å². The summed E-state index contributed by atoms with van der Waals surface area (Å²) >= 11 is 1.42. The van der Waals surface area contributed by atoms with Crippen LogP contribution in [0.25, 0.3) is 0 Å². The second kappa shape index (κ2) is 8.64. The van der Waals surface area contributed by atoms with Crippen LogP contribution in [-0.2, 0) is 12.0 Å². The first-order valence-electron chi connectivity index (χ1n) is 10.7. The third kappa shape index (κ3) is 3.72. The van der Waals surface area contributed by atoms with E-state index >= 15 is 4.39 Å². The number of aromatic nitrogens is 3. The summed E-state index contributed by atoms with van der Waals surface area (Å²) in [6.07, 6.45) is 1.74. The number of nitrogen functional groups attached to an aromatic ring is 1. The zero-order chi connectivity index (χ0) is 22.8. The highest BCUT2D eigenvalue weighted by Crippen LogP contribution is 2.41. The van der Waals surface area contributed by atoms with Crippen LogP contribution in [0.5, 0.6) is 0 Å². The highest BCUT2D eigenvalue weighted by Gasteiger charge is 2.40. The van der Waals surface area contributed by atoms with Gasteiger partial charge in [-0.2, -0.15) is 4.39 Å². The summed E-state index contributed by atoms with van der Waals surface area (Å²) < 4.78 is 17.4. The van der Waals surface area contributed by atoms with E-state index in [1.54, 1.807) is 4.57 Å². The van der Waals surface area contributed by atoms with Crippen LogP contribution >= 0.6 is 11.3 Å². The Hall–Kier alpha value is -3.77. The van der Waals surface area contributed by atoms with Crippen molar-refractivity contribution in [2.24, 2.45) is 0 Å². The molecule has 0 fully saturated rings. The maximum Gasteiger partial charge on any atom is 0.290 e. The van der Waals surface area contributed by atoms with E-state index in [1.165, 1.54) is 11.3 Å². The molecule has 0 aliphatic rings. The van der Waals surface area contributed by atoms with E-state index in [9.17, 15) is 0 Å². The van der Waals surface area contributed by atoms with Crippen molar-refractivity contribution in [2.45, 2.75) is 18.9 Å². The highest BCUT2D eigenvalue weighted by molar-refractivity contribution is 7.15. The molecule has 0 amide bonds. The Bertz CT molecular complexity index is 1260. The van der Waals surface area contributed by atoms with Crippen molar-refractivity contribution in [3.63, 3.8) is 0 Å². The van der Waals surface area contributed by atoms with Crippen LogP contribution in [0.3, 0.4) is 0 Å². The third-order valence-corrected chi connectivity index (χ3v) is 6.89. The Balaban J connectivity index is 1.77. The zero-order valence-corrected chi connectivity index (χ0v) is 19.0. The molecule has 0 saturated heterocycles. The van der Waals surface area contributed by atoms with Gasteiger partial charge in [0.2, 0.25) is 0 Å². The third-order valence-electron chi connectivity index (χ3n) is 5.90. The molecule has 0 radical (unpaired) electrons. The lowest BCUT2D eigenvalue weighted by atomic mass is 9.76. The average Bonchev–Trinajstić information content (AvgIpc) is 3.37. The molecule has 3 aromatic carbocycles. The zero-order valence-electron chi connectivity index (χ0n) is 18.1. The summed E-state index contributed by atoms with van der Waals surface area (Å²) in [5.41, 5.74) is 9.27. The smallest absolute Gasteiger partial charge is 0.290 e. The van der Waals surface area contributed by atoms with Gasteiger partial charge in [0.1, 0.15) is 5.54 Å². The molecule has 0 aliphatic heterocycles. The molecule has 2 N–H and O–H groups in total. The molecule has 5 rings (SSSR count). The van der Waals surface area contributed by atoms with Gasteiger partial charge < -0.3 is 5.73 Å². The van der Waals surface area contributed by atoms with E-state index in [1.807, 2.05) is 104 Å². The van der Waals surface area contributed by atoms with E-state index in [2.05, 4.69) is 9.97 Å². The summed E-state index contributed by atoms with van der Waals surface area (Å²) in [5, 5.41) is 0.509. The monoisotopic (exact) mass is 454 g/mol. The van der Waals surface area contributed by atoms with Crippen LogP contribution in [0.1, 0.15) is 33.0 Å². The number of rotatable bonds is 6. The SMILES string of the molecule is Cc1nc(N)sc1Cc1cn(C(c2ccccc2)(c2ccccc2)c2ccccc2)c(F)n1. The standard InChI is InChI=1S/C27H23FN4S/c1-19-24(33-26(29)30-19)17-23-18-32(25(28)31-23)27(20-11-5-2-6-12-20,21-13-7-3-8-14-21)22-15-9-4-10-16-22/h2-16,18H,17H2,1H3,(H2,29,30). The summed E-state index contributed by atoms with van der Waals surface area (Å²) in [6.45, 7) is 1.91. The summed E-state index contributed by atoms with van der Waals surface area (Å²) in [7, 11) is 0. The van der Waals surface area contributed by atoms with E-state index < -0.39 is 11.6 Å². The fourth-order valence-electron chi connectivity index (χ4n) is 4.46. The minimum atomic E-state index is -0.930. The molecule has 164 valence electrons. The van der Waals surface area contributed by atoms with Crippen LogP contribution in [0, 0.1) is 13.0 Å². The van der Waals surface area contributed by atoms with Crippen molar-refractivity contribution in [3.05, 3.63) is 136 Å². The second-order valence-electron chi connectivity index (χ2n) is 7.92. The lowest BCUT2D eigenvalue weighted by Crippen LogP contribution is -2.38. The normalized spacial score (nSPS) is 11.6. The van der Waals surface area contributed by atoms with Gasteiger partial charge in [-0.05, 0) is 23.6 Å². The van der Waals surface area contributed by atoms with Crippen LogP contribution in [-0.4, -0.2) is 14.5 Å². The molecular weight excluding hydrogens is 431 g/mol. The van der Waals surface area contributed by atoms with Crippen molar-refractivity contribution < 1.29 is 4.39 Å². The van der Waals surface area contributed by atoms with Gasteiger partial charge in [0.25, 0.3) is 6.08 Å². The number of thiazole rings is 1. The Labute approximate surface area is 196 Å². The van der Waals surface area contributed by atoms with Crippen LogP contribution in [0.4, 0.5) is 9.52 Å². The molecule has 0 aliphatic carbocycles. The average molecular weight is 455 g/mol. The number of hydrogen-bond donors (Lipinski definition) is 1. The first kappa shape index (κ1) is 21.1. The lowest BCUT2D eigenvalue weighted by molar-refractivity contribution is 0.397. The number of nitrogens with zero attached hydrogens (tertiary/aromatic N) is 3. The fraction of sp³-hybridized carbons (Fsp3) is 0.111. The number of benzene rings is 3. The van der Waals surface area contributed by atoms with Gasteiger partial charge in [-0.1, -0.05) is 91.0 Å². The molecule has 0 unspecified atom stereocenters. The van der Waals surface area contributed by atoms with Crippen molar-refractivity contribution in [3.8, 4) is 0 Å². The molecule has 0 saturated carbocycles. The quantitative estimate of drug-likeness (QED) is 0.330. The summed E-state index contributed by atoms with van der Waals surface area (Å²) in [6, 6.07) is 30.0. The number of halogens is 1. The minimum absolute atomic E-state index is 0.471. The Morgan fingerprint density at radius 1 is 0.818 bits per heavy atom. The van der Waals surface area contributed by atoms with Gasteiger partial charge in [0, 0.05) is 17.5 Å². The predicted octanol–water partition coefficient (Wildman–Crippen LogP) is 5.80. The molecule has 0 bridgehead atoms. The van der Waals surface area contributed by atoms with Gasteiger partial charge in [-0.25, -0.2) is 9.97 Å². The number of nitrogens with two attached hydrogens (primary N) is 1. The topological polar surface area (TPSA) is 56.7 Å². The molecule has 2 aromatic heterocycles. The van der Waals surface area contributed by atoms with E-state index in [-0.39, 0.29) is 0 Å². The Morgan fingerprint density at radius 2 is 1.30 bits per heavy atom. The van der Waals surface area contributed by atoms with E-state index in [4.69, 9.17) is 5.73 Å². The first-order valence-corrected chi connectivity index (χ1v) is 11.5. The number of imidazole rings is 1. The van der Waals surface area contributed by atoms with E-state index in [0.717, 1.165) is 27.3 Å². The number of anilines is 1. The first-order chi connectivity index (χ1) is 16.1. The molecule has 5 aromatic rings. The molecule has 4 nitrogen and oxygen atoms in total. The van der Waals surface area contributed by atoms with Gasteiger partial charge in [-0.3, -0.25) is 4.57 Å². The molecular formula is C27H23FN4S. The van der Waals surface area contributed by atoms with Gasteiger partial charge >= 0.3 is 0 Å². The van der Waals surface area contributed by atoms with Crippen molar-refractivity contribution in [1.82, 2.24) is 14.5 Å². The van der Waals surface area contributed by atoms with Crippen molar-refractivity contribution >= 4 is 16.5 Å². The second-order valence-corrected chi connectivity index (χ2v) is 9.03. The fourth-order valence-corrected chi connectivity index (χ4v) is 5.31. The number of aryl methyl sites for hydroxylation is 1. The van der Waals surface area contributed by atoms with Crippen LogP contribution < -0.4 is 5.73 Å². The molecule has 33 heavy (non-hydrogen) atoms. The van der Waals surface area contributed by atoms with Crippen LogP contribution in [0.2, 0.25) is 0 Å². The lowest BCUT2D eigenvalue weighted by Gasteiger charge is -2.37. The molecule has 6 heteroatoms. The maximum absolute atomic E-state index is 15.8. The molecule has 2 heterocycles. The Morgan fingerprint density at radius 3 is 1.73 bits per heavy atom. The van der Waals surface area contributed by atoms with E-state index in [0.29, 0.717) is 17.2 Å².